The summed E-state index contributed by atoms with van der Waals surface area (Å²) in [6, 6.07) is -1.61. The van der Waals surface area contributed by atoms with Gasteiger partial charge in [-0.15, -0.1) is 4.28 Å². The Hall–Kier alpha value is -2.29. The van der Waals surface area contributed by atoms with Crippen LogP contribution in [-0.2, 0) is 33.8 Å². The topological polar surface area (TPSA) is 187 Å². The monoisotopic (exact) mass is 535 g/mol. The van der Waals surface area contributed by atoms with E-state index in [2.05, 4.69) is 20.0 Å². The highest BCUT2D eigenvalue weighted by Gasteiger charge is 2.49. The molecule has 35 heavy (non-hydrogen) atoms. The zero-order valence-corrected chi connectivity index (χ0v) is 18.8. The average Bonchev–Trinajstić information content (AvgIpc) is 3.24. The van der Waals surface area contributed by atoms with Gasteiger partial charge in [0.05, 0.1) is 12.6 Å². The van der Waals surface area contributed by atoms with E-state index in [9.17, 15) is 31.2 Å². The summed E-state index contributed by atoms with van der Waals surface area (Å²) in [6.07, 6.45) is -3.51. The number of hydrogen-bond donors (Lipinski definition) is 4. The number of carboxylic acids is 1. The quantitative estimate of drug-likeness (QED) is 0.222. The van der Waals surface area contributed by atoms with Gasteiger partial charge in [-0.25, -0.2) is 15.1 Å². The van der Waals surface area contributed by atoms with Gasteiger partial charge in [0.25, 0.3) is 5.91 Å². The molecule has 4 atom stereocenters. The molecule has 4 fully saturated rings. The molecule has 15 nitrogen and oxygen atoms in total. The maximum absolute atomic E-state index is 12.4. The zero-order chi connectivity index (χ0) is 26.0. The first kappa shape index (κ1) is 27.3. The van der Waals surface area contributed by atoms with Crippen molar-refractivity contribution in [3.63, 3.8) is 0 Å². The Morgan fingerprint density at radius 2 is 1.89 bits per heavy atom. The van der Waals surface area contributed by atoms with E-state index in [1.54, 1.807) is 0 Å². The lowest BCUT2D eigenvalue weighted by molar-refractivity contribution is -0.192. The highest BCUT2D eigenvalue weighted by molar-refractivity contribution is 7.80. The molecule has 200 valence electrons. The van der Waals surface area contributed by atoms with E-state index in [1.165, 1.54) is 4.90 Å². The number of carbonyl (C=O) groups excluding carboxylic acids is 2. The molecule has 0 aromatic heterocycles. The Balaban J connectivity index is 0.000000429. The third kappa shape index (κ3) is 7.12. The third-order valence-electron chi connectivity index (χ3n) is 5.73. The number of hydroxylamine groups is 3. The van der Waals surface area contributed by atoms with Crippen molar-refractivity contribution in [1.82, 2.24) is 25.7 Å². The number of ether oxygens (including phenoxy) is 1. The lowest BCUT2D eigenvalue weighted by Crippen LogP contribution is -2.50. The fourth-order valence-electron chi connectivity index (χ4n) is 4.00. The number of alkyl halides is 3. The highest BCUT2D eigenvalue weighted by atomic mass is 32.3. The molecule has 2 bridgehead atoms. The van der Waals surface area contributed by atoms with Crippen LogP contribution in [0.3, 0.4) is 0 Å². The minimum absolute atomic E-state index is 0.105. The van der Waals surface area contributed by atoms with Crippen LogP contribution in [-0.4, -0.2) is 114 Å². The zero-order valence-electron chi connectivity index (χ0n) is 18.0. The van der Waals surface area contributed by atoms with Crippen molar-refractivity contribution in [3.8, 4) is 0 Å². The number of rotatable bonds is 7. The van der Waals surface area contributed by atoms with Gasteiger partial charge in [0.1, 0.15) is 19.5 Å². The molecule has 0 unspecified atom stereocenters. The first-order valence-electron chi connectivity index (χ1n) is 10.3. The Morgan fingerprint density at radius 1 is 1.23 bits per heavy atom. The standard InChI is InChI=1S/C14H23N5O8S.C2HF3O2/c20-13(16-26-6-9-3-11(4-15-9)17-7-25-8-17)12-2-1-10-5-18(12)14(21)19(10)27-28(22,23)24;3-2(4,5)1(6)7/h9-12,15H,1-8H2,(H,16,20)(H,22,23,24);(H,6,7)/t9-,10+,11+,12-;/m0./s1. The number of nitrogens with one attached hydrogen (secondary N) is 2. The fraction of sp³-hybridized carbons (Fsp3) is 0.812. The van der Waals surface area contributed by atoms with Gasteiger partial charge in [0.2, 0.25) is 0 Å². The van der Waals surface area contributed by atoms with Crippen molar-refractivity contribution in [1.29, 1.82) is 0 Å². The molecule has 19 heteroatoms. The van der Waals surface area contributed by atoms with Gasteiger partial charge in [0.15, 0.2) is 0 Å². The van der Waals surface area contributed by atoms with Crippen molar-refractivity contribution in [2.24, 2.45) is 0 Å². The minimum Gasteiger partial charge on any atom is -0.475 e. The SMILES string of the molecule is O=C(NOC[C@@H]1C[C@@H](N2COC2)CN1)[C@@H]1CC[C@@H]2CN1C(=O)N2OS(=O)(=O)O.O=C(O)C(F)(F)F. The normalized spacial score (nSPS) is 28.9. The number of carbonyl (C=O) groups is 3. The molecule has 0 aromatic carbocycles. The van der Waals surface area contributed by atoms with Crippen LogP contribution in [0.15, 0.2) is 0 Å². The van der Waals surface area contributed by atoms with E-state index in [1.807, 2.05) is 0 Å². The number of fused-ring (bicyclic) bond motifs is 2. The molecule has 4 aliphatic heterocycles. The predicted octanol–water partition coefficient (Wildman–Crippen LogP) is -1.35. The molecular formula is C16H24F3N5O10S. The van der Waals surface area contributed by atoms with Crippen LogP contribution < -0.4 is 10.8 Å². The van der Waals surface area contributed by atoms with Crippen LogP contribution in [0.5, 0.6) is 0 Å². The summed E-state index contributed by atoms with van der Waals surface area (Å²) < 4.78 is 71.8. The summed E-state index contributed by atoms with van der Waals surface area (Å²) >= 11 is 0. The first-order valence-corrected chi connectivity index (χ1v) is 11.7. The van der Waals surface area contributed by atoms with Crippen LogP contribution in [0.2, 0.25) is 0 Å². The summed E-state index contributed by atoms with van der Waals surface area (Å²) in [6.45, 7) is 2.54. The van der Waals surface area contributed by atoms with E-state index >= 15 is 0 Å². The predicted molar refractivity (Wildman–Crippen MR) is 104 cm³/mol. The van der Waals surface area contributed by atoms with Crippen molar-refractivity contribution in [2.45, 2.75) is 49.6 Å². The number of aliphatic carboxylic acids is 1. The summed E-state index contributed by atoms with van der Waals surface area (Å²) in [5, 5.41) is 11.1. The number of hydrogen-bond acceptors (Lipinski definition) is 10. The molecule has 4 heterocycles. The van der Waals surface area contributed by atoms with E-state index in [0.717, 1.165) is 13.0 Å². The number of piperidine rings is 1. The molecule has 4 saturated heterocycles. The van der Waals surface area contributed by atoms with Crippen LogP contribution in [0.1, 0.15) is 19.3 Å². The average molecular weight is 535 g/mol. The minimum atomic E-state index is -5.08. The van der Waals surface area contributed by atoms with E-state index in [0.29, 0.717) is 37.4 Å². The number of urea groups is 1. The van der Waals surface area contributed by atoms with Gasteiger partial charge in [-0.3, -0.25) is 19.1 Å². The maximum Gasteiger partial charge on any atom is 0.490 e. The van der Waals surface area contributed by atoms with Gasteiger partial charge in [-0.2, -0.15) is 26.7 Å². The van der Waals surface area contributed by atoms with Crippen LogP contribution in [0.4, 0.5) is 18.0 Å². The summed E-state index contributed by atoms with van der Waals surface area (Å²) in [5.41, 5.74) is 2.38. The number of carboxylic acid groups (broad SMARTS) is 1. The smallest absolute Gasteiger partial charge is 0.475 e. The van der Waals surface area contributed by atoms with Crippen molar-refractivity contribution in [2.75, 3.05) is 33.2 Å². The van der Waals surface area contributed by atoms with Crippen molar-refractivity contribution >= 4 is 28.3 Å². The molecular weight excluding hydrogens is 511 g/mol. The lowest BCUT2D eigenvalue weighted by atomic mass is 10.0. The molecule has 3 amide bonds. The van der Waals surface area contributed by atoms with Crippen molar-refractivity contribution in [3.05, 3.63) is 0 Å². The molecule has 4 aliphatic rings. The molecule has 0 aliphatic carbocycles. The highest BCUT2D eigenvalue weighted by Crippen LogP contribution is 2.30. The molecule has 0 spiro atoms. The molecule has 0 radical (unpaired) electrons. The van der Waals surface area contributed by atoms with Gasteiger partial charge < -0.3 is 20.1 Å². The molecule has 4 N–H and O–H groups in total. The summed E-state index contributed by atoms with van der Waals surface area (Å²) in [4.78, 5) is 42.4. The van der Waals surface area contributed by atoms with Crippen LogP contribution in [0, 0.1) is 0 Å². The Labute approximate surface area is 196 Å². The van der Waals surface area contributed by atoms with Gasteiger partial charge in [0, 0.05) is 25.2 Å². The van der Waals surface area contributed by atoms with Gasteiger partial charge in [-0.1, -0.05) is 0 Å². The second kappa shape index (κ2) is 10.8. The Morgan fingerprint density at radius 3 is 2.43 bits per heavy atom. The molecule has 0 saturated carbocycles. The first-order chi connectivity index (χ1) is 16.3. The second-order valence-corrected chi connectivity index (χ2v) is 9.14. The molecule has 0 aromatic rings. The van der Waals surface area contributed by atoms with Crippen LogP contribution in [0.25, 0.3) is 0 Å². The largest absolute Gasteiger partial charge is 0.490 e. The van der Waals surface area contributed by atoms with Crippen molar-refractivity contribution < 1.29 is 59.5 Å². The lowest BCUT2D eigenvalue weighted by Gasteiger charge is -2.35. The van der Waals surface area contributed by atoms with Gasteiger partial charge in [-0.05, 0) is 19.3 Å². The van der Waals surface area contributed by atoms with E-state index in [4.69, 9.17) is 24.0 Å². The fourth-order valence-corrected chi connectivity index (χ4v) is 4.38. The third-order valence-corrected chi connectivity index (χ3v) is 6.08. The Kier molecular flexibility index (Phi) is 8.40. The van der Waals surface area contributed by atoms with E-state index < -0.39 is 46.6 Å². The summed E-state index contributed by atoms with van der Waals surface area (Å²) in [5.74, 6) is -3.24. The summed E-state index contributed by atoms with van der Waals surface area (Å²) in [7, 11) is -4.81. The molecule has 4 rings (SSSR count). The second-order valence-electron chi connectivity index (χ2n) is 8.14. The Bertz CT molecular complexity index is 918. The maximum atomic E-state index is 12.4. The number of amides is 3. The number of halogens is 3. The van der Waals surface area contributed by atoms with Gasteiger partial charge >= 0.3 is 28.6 Å². The van der Waals surface area contributed by atoms with E-state index in [-0.39, 0.29) is 19.2 Å². The van der Waals surface area contributed by atoms with Crippen LogP contribution >= 0.6 is 0 Å². The number of nitrogens with zero attached hydrogens (tertiary/aromatic N) is 3.